The maximum Gasteiger partial charge on any atom is 0.416 e. The fraction of sp³-hybridized carbons (Fsp3) is 0.278. The van der Waals surface area contributed by atoms with Crippen LogP contribution in [-0.2, 0) is 6.18 Å². The van der Waals surface area contributed by atoms with E-state index in [9.17, 15) is 18.0 Å². The van der Waals surface area contributed by atoms with Crippen molar-refractivity contribution >= 4 is 29.0 Å². The normalized spacial score (nSPS) is 15.1. The number of amides is 1. The van der Waals surface area contributed by atoms with Crippen molar-refractivity contribution in [1.82, 2.24) is 4.90 Å². The summed E-state index contributed by atoms with van der Waals surface area (Å²) >= 11 is 1.81. The van der Waals surface area contributed by atoms with Gasteiger partial charge in [-0.3, -0.25) is 4.79 Å². The molecule has 2 aromatic carbocycles. The molecule has 0 saturated carbocycles. The Morgan fingerprint density at radius 3 is 2.48 bits per heavy atom. The van der Waals surface area contributed by atoms with Crippen molar-refractivity contribution in [3.63, 3.8) is 0 Å². The first kappa shape index (κ1) is 17.7. The molecular weight excluding hydrogens is 349 g/mol. The van der Waals surface area contributed by atoms with E-state index < -0.39 is 11.7 Å². The number of para-hydroxylation sites is 1. The van der Waals surface area contributed by atoms with Crippen molar-refractivity contribution < 1.29 is 18.0 Å². The molecule has 0 aliphatic carbocycles. The second kappa shape index (κ2) is 7.39. The largest absolute Gasteiger partial charge is 0.416 e. The van der Waals surface area contributed by atoms with Crippen LogP contribution in [0.25, 0.3) is 0 Å². The second-order valence-corrected chi connectivity index (χ2v) is 6.88. The van der Waals surface area contributed by atoms with E-state index in [2.05, 4.69) is 5.32 Å². The van der Waals surface area contributed by atoms with E-state index in [1.165, 1.54) is 6.07 Å². The Bertz CT molecular complexity index is 758. The summed E-state index contributed by atoms with van der Waals surface area (Å²) in [4.78, 5) is 14.5. The van der Waals surface area contributed by atoms with Gasteiger partial charge in [-0.15, -0.1) is 0 Å². The smallest absolute Gasteiger partial charge is 0.355 e. The Hall–Kier alpha value is -2.15. The average molecular weight is 366 g/mol. The zero-order chi connectivity index (χ0) is 17.9. The number of nitrogens with zero attached hydrogens (tertiary/aromatic N) is 1. The molecular formula is C18H17F3N2OS. The number of carbonyl (C=O) groups excluding carboxylic acids is 1. The van der Waals surface area contributed by atoms with E-state index in [-0.39, 0.29) is 5.91 Å². The van der Waals surface area contributed by atoms with Crippen molar-refractivity contribution in [2.45, 2.75) is 6.18 Å². The summed E-state index contributed by atoms with van der Waals surface area (Å²) in [5, 5.41) is 2.95. The zero-order valence-corrected chi connectivity index (χ0v) is 14.2. The Morgan fingerprint density at radius 2 is 1.76 bits per heavy atom. The Labute approximate surface area is 148 Å². The number of carbonyl (C=O) groups is 1. The Kier molecular flexibility index (Phi) is 5.22. The van der Waals surface area contributed by atoms with Crippen molar-refractivity contribution in [3.05, 3.63) is 59.7 Å². The van der Waals surface area contributed by atoms with Crippen LogP contribution in [0, 0.1) is 0 Å². The molecule has 132 valence electrons. The van der Waals surface area contributed by atoms with Gasteiger partial charge in [0.2, 0.25) is 0 Å². The molecule has 25 heavy (non-hydrogen) atoms. The highest BCUT2D eigenvalue weighted by atomic mass is 32.2. The molecule has 7 heteroatoms. The lowest BCUT2D eigenvalue weighted by molar-refractivity contribution is -0.137. The minimum atomic E-state index is -4.40. The molecule has 0 radical (unpaired) electrons. The summed E-state index contributed by atoms with van der Waals surface area (Å²) in [6.45, 7) is 1.36. The summed E-state index contributed by atoms with van der Waals surface area (Å²) in [7, 11) is 0. The number of thioether (sulfide) groups is 1. The topological polar surface area (TPSA) is 32.3 Å². The van der Waals surface area contributed by atoms with Gasteiger partial charge in [-0.25, -0.2) is 0 Å². The lowest BCUT2D eigenvalue weighted by atomic mass is 10.1. The van der Waals surface area contributed by atoms with Gasteiger partial charge < -0.3 is 10.2 Å². The predicted octanol–water partition coefficient (Wildman–Crippen LogP) is 4.64. The summed E-state index contributed by atoms with van der Waals surface area (Å²) in [5.74, 6) is 1.69. The quantitative estimate of drug-likeness (QED) is 0.859. The zero-order valence-electron chi connectivity index (χ0n) is 13.3. The van der Waals surface area contributed by atoms with E-state index >= 15 is 0 Å². The third-order valence-electron chi connectivity index (χ3n) is 3.92. The number of anilines is 2. The summed E-state index contributed by atoms with van der Waals surface area (Å²) in [5.41, 5.74) is 0.538. The molecule has 1 aliphatic rings. The van der Waals surface area contributed by atoms with Gasteiger partial charge in [0.25, 0.3) is 5.91 Å². The van der Waals surface area contributed by atoms with Crippen LogP contribution in [0.4, 0.5) is 24.5 Å². The standard InChI is InChI=1S/C18H17F3N2OS/c19-18(20,21)13-4-3-5-14(12-13)22-16-7-2-1-6-15(16)17(24)23-8-10-25-11-9-23/h1-7,12,22H,8-11H2. The lowest BCUT2D eigenvalue weighted by Gasteiger charge is -2.27. The van der Waals surface area contributed by atoms with Crippen LogP contribution in [0.3, 0.4) is 0 Å². The van der Waals surface area contributed by atoms with Crippen LogP contribution in [0.15, 0.2) is 48.5 Å². The minimum absolute atomic E-state index is 0.102. The van der Waals surface area contributed by atoms with Gasteiger partial charge in [0.1, 0.15) is 0 Å². The number of alkyl halides is 3. The predicted molar refractivity (Wildman–Crippen MR) is 94.4 cm³/mol. The van der Waals surface area contributed by atoms with Crippen LogP contribution in [0.5, 0.6) is 0 Å². The lowest BCUT2D eigenvalue weighted by Crippen LogP contribution is -2.38. The third kappa shape index (κ3) is 4.28. The monoisotopic (exact) mass is 366 g/mol. The first-order valence-electron chi connectivity index (χ1n) is 7.85. The highest BCUT2D eigenvalue weighted by Gasteiger charge is 2.30. The van der Waals surface area contributed by atoms with Crippen LogP contribution < -0.4 is 5.32 Å². The van der Waals surface area contributed by atoms with E-state index in [1.54, 1.807) is 47.0 Å². The fourth-order valence-electron chi connectivity index (χ4n) is 2.64. The SMILES string of the molecule is O=C(c1ccccc1Nc1cccc(C(F)(F)F)c1)N1CCSCC1. The van der Waals surface area contributed by atoms with E-state index in [0.717, 1.165) is 23.6 Å². The van der Waals surface area contributed by atoms with E-state index in [4.69, 9.17) is 0 Å². The van der Waals surface area contributed by atoms with Gasteiger partial charge in [0, 0.05) is 30.3 Å². The van der Waals surface area contributed by atoms with E-state index in [1.807, 2.05) is 0 Å². The summed E-state index contributed by atoms with van der Waals surface area (Å²) in [6.07, 6.45) is -4.40. The molecule has 0 unspecified atom stereocenters. The molecule has 3 rings (SSSR count). The van der Waals surface area contributed by atoms with Crippen LogP contribution in [-0.4, -0.2) is 35.4 Å². The first-order valence-corrected chi connectivity index (χ1v) is 9.01. The molecule has 0 aromatic heterocycles. The molecule has 1 N–H and O–H groups in total. The third-order valence-corrected chi connectivity index (χ3v) is 4.87. The Morgan fingerprint density at radius 1 is 1.04 bits per heavy atom. The van der Waals surface area contributed by atoms with Gasteiger partial charge >= 0.3 is 6.18 Å². The summed E-state index contributed by atoms with van der Waals surface area (Å²) < 4.78 is 38.6. The maximum atomic E-state index is 12.9. The Balaban J connectivity index is 1.85. The second-order valence-electron chi connectivity index (χ2n) is 5.65. The summed E-state index contributed by atoms with van der Waals surface area (Å²) in [6, 6.07) is 11.9. The van der Waals surface area contributed by atoms with Crippen LogP contribution in [0.2, 0.25) is 0 Å². The number of hydrogen-bond acceptors (Lipinski definition) is 3. The first-order chi connectivity index (χ1) is 11.9. The van der Waals surface area contributed by atoms with Gasteiger partial charge in [-0.2, -0.15) is 24.9 Å². The molecule has 1 amide bonds. The molecule has 3 nitrogen and oxygen atoms in total. The fourth-order valence-corrected chi connectivity index (χ4v) is 3.55. The maximum absolute atomic E-state index is 12.9. The number of rotatable bonds is 3. The van der Waals surface area contributed by atoms with Gasteiger partial charge in [0.15, 0.2) is 0 Å². The number of halogens is 3. The molecule has 1 fully saturated rings. The average Bonchev–Trinajstić information content (AvgIpc) is 2.62. The molecule has 1 aliphatic heterocycles. The van der Waals surface area contributed by atoms with E-state index in [0.29, 0.717) is 30.0 Å². The number of nitrogens with one attached hydrogen (secondary N) is 1. The minimum Gasteiger partial charge on any atom is -0.355 e. The molecule has 2 aromatic rings. The molecule has 1 saturated heterocycles. The van der Waals surface area contributed by atoms with Crippen LogP contribution in [0.1, 0.15) is 15.9 Å². The van der Waals surface area contributed by atoms with Gasteiger partial charge in [-0.05, 0) is 30.3 Å². The molecule has 0 atom stereocenters. The highest BCUT2D eigenvalue weighted by molar-refractivity contribution is 7.99. The van der Waals surface area contributed by atoms with Crippen molar-refractivity contribution in [2.24, 2.45) is 0 Å². The van der Waals surface area contributed by atoms with Gasteiger partial charge in [0.05, 0.1) is 16.8 Å². The number of hydrogen-bond donors (Lipinski definition) is 1. The highest BCUT2D eigenvalue weighted by Crippen LogP contribution is 2.32. The van der Waals surface area contributed by atoms with Crippen LogP contribution >= 0.6 is 11.8 Å². The number of benzene rings is 2. The molecule has 0 bridgehead atoms. The van der Waals surface area contributed by atoms with Crippen molar-refractivity contribution in [2.75, 3.05) is 29.9 Å². The molecule has 1 heterocycles. The van der Waals surface area contributed by atoms with Crippen molar-refractivity contribution in [3.8, 4) is 0 Å². The van der Waals surface area contributed by atoms with Gasteiger partial charge in [-0.1, -0.05) is 18.2 Å². The molecule has 0 spiro atoms. The van der Waals surface area contributed by atoms with Crippen molar-refractivity contribution in [1.29, 1.82) is 0 Å².